The SMILES string of the molecule is C/C=C/C(=O)O[C@H]1C[C@@H](C(=O)OC)[C@]2(C)CC[C@H]3C(=O)O[C@@H](c4ccoc4)C[C@]3(C)[C@H]2C1=O. The normalized spacial score (nSPS) is 38.2. The Balaban J connectivity index is 1.77. The Kier molecular flexibility index (Phi) is 5.97. The molecule has 178 valence electrons. The smallest absolute Gasteiger partial charge is 0.331 e. The molecule has 0 spiro atoms. The van der Waals surface area contributed by atoms with E-state index in [0.29, 0.717) is 19.3 Å². The monoisotopic (exact) mass is 458 g/mol. The third-order valence-corrected chi connectivity index (χ3v) is 8.06. The van der Waals surface area contributed by atoms with Gasteiger partial charge in [0.05, 0.1) is 31.5 Å². The minimum Gasteiger partial charge on any atom is -0.472 e. The molecule has 2 heterocycles. The summed E-state index contributed by atoms with van der Waals surface area (Å²) in [7, 11) is 1.32. The Labute approximate surface area is 192 Å². The molecule has 0 N–H and O–H groups in total. The van der Waals surface area contributed by atoms with Crippen molar-refractivity contribution in [2.24, 2.45) is 28.6 Å². The molecule has 0 unspecified atom stereocenters. The number of ether oxygens (including phenoxy) is 3. The zero-order valence-electron chi connectivity index (χ0n) is 19.4. The number of esters is 3. The first-order valence-electron chi connectivity index (χ1n) is 11.3. The predicted molar refractivity (Wildman–Crippen MR) is 114 cm³/mol. The Morgan fingerprint density at radius 1 is 1.21 bits per heavy atom. The molecule has 8 nitrogen and oxygen atoms in total. The van der Waals surface area contributed by atoms with Crippen LogP contribution in [0.5, 0.6) is 0 Å². The fourth-order valence-electron chi connectivity index (χ4n) is 6.58. The van der Waals surface area contributed by atoms with Gasteiger partial charge < -0.3 is 18.6 Å². The number of carbonyl (C=O) groups is 4. The number of allylic oxidation sites excluding steroid dienone is 1. The van der Waals surface area contributed by atoms with Crippen LogP contribution in [0.4, 0.5) is 0 Å². The number of carbonyl (C=O) groups excluding carboxylic acids is 4. The Bertz CT molecular complexity index is 979. The summed E-state index contributed by atoms with van der Waals surface area (Å²) in [6.45, 7) is 5.53. The lowest BCUT2D eigenvalue weighted by molar-refractivity contribution is -0.210. The topological polar surface area (TPSA) is 109 Å². The van der Waals surface area contributed by atoms with Crippen molar-refractivity contribution >= 4 is 23.7 Å². The molecule has 7 atom stereocenters. The van der Waals surface area contributed by atoms with Crippen LogP contribution in [0.1, 0.15) is 58.1 Å². The molecule has 8 heteroatoms. The summed E-state index contributed by atoms with van der Waals surface area (Å²) in [4.78, 5) is 52.1. The molecule has 2 saturated carbocycles. The zero-order valence-corrected chi connectivity index (χ0v) is 19.4. The fraction of sp³-hybridized carbons (Fsp3) is 0.600. The molecule has 1 saturated heterocycles. The van der Waals surface area contributed by atoms with Gasteiger partial charge in [-0.05, 0) is 43.1 Å². The number of furan rings is 1. The highest BCUT2D eigenvalue weighted by atomic mass is 16.6. The second-order valence-electron chi connectivity index (χ2n) is 9.86. The van der Waals surface area contributed by atoms with E-state index in [0.717, 1.165) is 5.56 Å². The quantitative estimate of drug-likeness (QED) is 0.383. The third-order valence-electron chi connectivity index (χ3n) is 8.06. The van der Waals surface area contributed by atoms with Crippen LogP contribution in [0.15, 0.2) is 35.2 Å². The number of hydrogen-bond acceptors (Lipinski definition) is 8. The minimum absolute atomic E-state index is 0.0676. The number of methoxy groups -OCH3 is 1. The van der Waals surface area contributed by atoms with Gasteiger partial charge in [0.25, 0.3) is 0 Å². The van der Waals surface area contributed by atoms with Gasteiger partial charge in [-0.2, -0.15) is 0 Å². The van der Waals surface area contributed by atoms with Crippen molar-refractivity contribution in [3.8, 4) is 0 Å². The number of Topliss-reactive ketones (excluding diaryl/α,β-unsaturated/α-hetero) is 1. The van der Waals surface area contributed by atoms with Gasteiger partial charge in [0, 0.05) is 24.0 Å². The van der Waals surface area contributed by atoms with E-state index in [1.165, 1.54) is 31.8 Å². The van der Waals surface area contributed by atoms with Crippen molar-refractivity contribution in [2.75, 3.05) is 7.11 Å². The summed E-state index contributed by atoms with van der Waals surface area (Å²) in [5.74, 6) is -3.50. The lowest BCUT2D eigenvalue weighted by Gasteiger charge is -2.60. The fourth-order valence-corrected chi connectivity index (χ4v) is 6.58. The molecule has 3 fully saturated rings. The summed E-state index contributed by atoms with van der Waals surface area (Å²) in [5.41, 5.74) is -0.810. The highest BCUT2D eigenvalue weighted by Gasteiger charge is 2.67. The van der Waals surface area contributed by atoms with Crippen molar-refractivity contribution in [1.29, 1.82) is 0 Å². The summed E-state index contributed by atoms with van der Waals surface area (Å²) < 4.78 is 21.5. The maximum absolute atomic E-state index is 13.9. The highest BCUT2D eigenvalue weighted by molar-refractivity contribution is 5.94. The molecule has 0 aromatic carbocycles. The van der Waals surface area contributed by atoms with Crippen molar-refractivity contribution in [2.45, 2.75) is 58.7 Å². The van der Waals surface area contributed by atoms with Crippen molar-refractivity contribution < 1.29 is 37.8 Å². The molecule has 1 aliphatic heterocycles. The Morgan fingerprint density at radius 3 is 2.61 bits per heavy atom. The van der Waals surface area contributed by atoms with Crippen LogP contribution in [-0.2, 0) is 33.4 Å². The molecule has 1 aromatic heterocycles. The van der Waals surface area contributed by atoms with Crippen LogP contribution in [0, 0.1) is 28.6 Å². The number of cyclic esters (lactones) is 1. The molecular formula is C25H30O8. The van der Waals surface area contributed by atoms with E-state index in [9.17, 15) is 19.2 Å². The van der Waals surface area contributed by atoms with Gasteiger partial charge >= 0.3 is 17.9 Å². The second-order valence-corrected chi connectivity index (χ2v) is 9.86. The molecule has 0 radical (unpaired) electrons. The van der Waals surface area contributed by atoms with Gasteiger partial charge in [-0.25, -0.2) is 4.79 Å². The summed E-state index contributed by atoms with van der Waals surface area (Å²) >= 11 is 0. The van der Waals surface area contributed by atoms with Crippen molar-refractivity contribution in [1.82, 2.24) is 0 Å². The van der Waals surface area contributed by atoms with Gasteiger partial charge in [-0.3, -0.25) is 14.4 Å². The van der Waals surface area contributed by atoms with E-state index in [4.69, 9.17) is 18.6 Å². The minimum atomic E-state index is -1.09. The standard InChI is InChI=1S/C25H30O8/c1-5-6-19(26)32-17-11-16(22(28)30-4)24(2)9-7-15-23(29)33-18(14-8-10-31-13-14)12-25(15,3)21(24)20(17)27/h5-6,8,10,13,15-18,21H,7,9,11-12H2,1-4H3/b6-5+/t15-,16-,17-,18+,21-,24-,25-/m0/s1. The first-order chi connectivity index (χ1) is 15.7. The second kappa shape index (κ2) is 8.47. The largest absolute Gasteiger partial charge is 0.472 e. The number of ketones is 1. The first kappa shape index (κ1) is 23.3. The molecule has 33 heavy (non-hydrogen) atoms. The van der Waals surface area contributed by atoms with Crippen molar-refractivity contribution in [3.05, 3.63) is 36.3 Å². The van der Waals surface area contributed by atoms with Crippen LogP contribution in [0.25, 0.3) is 0 Å². The summed E-state index contributed by atoms with van der Waals surface area (Å²) in [6.07, 6.45) is 5.63. The van der Waals surface area contributed by atoms with Crippen LogP contribution in [0.2, 0.25) is 0 Å². The van der Waals surface area contributed by atoms with E-state index < -0.39 is 52.7 Å². The molecule has 2 aliphatic carbocycles. The molecule has 0 amide bonds. The van der Waals surface area contributed by atoms with E-state index >= 15 is 0 Å². The number of hydrogen-bond donors (Lipinski definition) is 0. The molecule has 4 rings (SSSR count). The number of fused-ring (bicyclic) bond motifs is 3. The third kappa shape index (κ3) is 3.69. The average molecular weight is 459 g/mol. The summed E-state index contributed by atoms with van der Waals surface area (Å²) in [5, 5.41) is 0. The summed E-state index contributed by atoms with van der Waals surface area (Å²) in [6, 6.07) is 1.74. The molecule has 1 aromatic rings. The molecule has 3 aliphatic rings. The lowest BCUT2D eigenvalue weighted by atomic mass is 9.43. The van der Waals surface area contributed by atoms with Gasteiger partial charge in [0.1, 0.15) is 6.10 Å². The first-order valence-corrected chi connectivity index (χ1v) is 11.3. The van der Waals surface area contributed by atoms with E-state index in [2.05, 4.69) is 0 Å². The van der Waals surface area contributed by atoms with Gasteiger partial charge in [-0.15, -0.1) is 0 Å². The Hall–Kier alpha value is -2.90. The van der Waals surface area contributed by atoms with Crippen molar-refractivity contribution in [3.63, 3.8) is 0 Å². The van der Waals surface area contributed by atoms with Gasteiger partial charge in [-0.1, -0.05) is 19.9 Å². The van der Waals surface area contributed by atoms with E-state index in [1.54, 1.807) is 13.0 Å². The molecular weight excluding hydrogens is 428 g/mol. The van der Waals surface area contributed by atoms with Gasteiger partial charge in [0.2, 0.25) is 0 Å². The van der Waals surface area contributed by atoms with Crippen LogP contribution in [-0.4, -0.2) is 36.9 Å². The highest BCUT2D eigenvalue weighted by Crippen LogP contribution is 2.65. The van der Waals surface area contributed by atoms with Gasteiger partial charge in [0.15, 0.2) is 11.9 Å². The van der Waals surface area contributed by atoms with Crippen LogP contribution >= 0.6 is 0 Å². The zero-order chi connectivity index (χ0) is 24.0. The van der Waals surface area contributed by atoms with Crippen LogP contribution in [0.3, 0.4) is 0 Å². The van der Waals surface area contributed by atoms with E-state index in [1.807, 2.05) is 13.8 Å². The Morgan fingerprint density at radius 2 is 1.97 bits per heavy atom. The predicted octanol–water partition coefficient (Wildman–Crippen LogP) is 3.56. The maximum atomic E-state index is 13.9. The number of rotatable bonds is 4. The lowest BCUT2D eigenvalue weighted by Crippen LogP contribution is -2.64. The maximum Gasteiger partial charge on any atom is 0.331 e. The van der Waals surface area contributed by atoms with Crippen LogP contribution < -0.4 is 0 Å². The molecule has 0 bridgehead atoms. The average Bonchev–Trinajstić information content (AvgIpc) is 3.29. The van der Waals surface area contributed by atoms with E-state index in [-0.39, 0.29) is 18.2 Å².